The minimum absolute atomic E-state index is 0.239. The van der Waals surface area contributed by atoms with Gasteiger partial charge in [-0.05, 0) is 32.2 Å². The number of carbonyl (C=O) groups is 1. The van der Waals surface area contributed by atoms with Gasteiger partial charge >= 0.3 is 0 Å². The van der Waals surface area contributed by atoms with E-state index in [-0.39, 0.29) is 5.91 Å². The molecule has 120 valence electrons. The van der Waals surface area contributed by atoms with Crippen LogP contribution < -0.4 is 10.2 Å². The molecule has 0 saturated carbocycles. The normalized spacial score (nSPS) is 15.5. The summed E-state index contributed by atoms with van der Waals surface area (Å²) >= 11 is 0. The zero-order valence-electron chi connectivity index (χ0n) is 13.5. The molecule has 1 aliphatic heterocycles. The Balaban J connectivity index is 1.71. The summed E-state index contributed by atoms with van der Waals surface area (Å²) in [7, 11) is 2.13. The van der Waals surface area contributed by atoms with E-state index in [4.69, 9.17) is 0 Å². The maximum absolute atomic E-state index is 12.3. The summed E-state index contributed by atoms with van der Waals surface area (Å²) in [6.07, 6.45) is 1.73. The molecule has 0 unspecified atom stereocenters. The third kappa shape index (κ3) is 3.84. The summed E-state index contributed by atoms with van der Waals surface area (Å²) in [5.41, 5.74) is 2.30. The van der Waals surface area contributed by atoms with Gasteiger partial charge < -0.3 is 15.1 Å². The Kier molecular flexibility index (Phi) is 4.52. The Morgan fingerprint density at radius 3 is 2.70 bits per heavy atom. The Bertz CT molecular complexity index is 695. The van der Waals surface area contributed by atoms with Gasteiger partial charge in [-0.3, -0.25) is 4.79 Å². The van der Waals surface area contributed by atoms with Crippen LogP contribution in [0.3, 0.4) is 0 Å². The lowest BCUT2D eigenvalue weighted by molar-refractivity contribution is 0.102. The number of aryl methyl sites for hydroxylation is 1. The molecule has 3 heterocycles. The summed E-state index contributed by atoms with van der Waals surface area (Å²) in [6.45, 7) is 5.90. The first-order chi connectivity index (χ1) is 11.1. The van der Waals surface area contributed by atoms with Gasteiger partial charge in [0.1, 0.15) is 11.5 Å². The van der Waals surface area contributed by atoms with Crippen LogP contribution in [0.4, 0.5) is 11.5 Å². The number of aromatic nitrogens is 2. The van der Waals surface area contributed by atoms with Gasteiger partial charge in [0.15, 0.2) is 0 Å². The van der Waals surface area contributed by atoms with Crippen molar-refractivity contribution in [1.29, 1.82) is 0 Å². The molecule has 0 aliphatic carbocycles. The maximum Gasteiger partial charge on any atom is 0.275 e. The van der Waals surface area contributed by atoms with Crippen LogP contribution in [0.25, 0.3) is 0 Å². The van der Waals surface area contributed by atoms with Gasteiger partial charge in [0, 0.05) is 49.8 Å². The average molecular weight is 311 g/mol. The average Bonchev–Trinajstić information content (AvgIpc) is 2.56. The molecule has 0 atom stereocenters. The number of rotatable bonds is 3. The number of piperazine rings is 1. The first-order valence-corrected chi connectivity index (χ1v) is 7.76. The number of pyridine rings is 2. The highest BCUT2D eigenvalue weighted by atomic mass is 16.1. The van der Waals surface area contributed by atoms with E-state index in [1.165, 1.54) is 0 Å². The molecular weight excluding hydrogens is 290 g/mol. The Morgan fingerprint density at radius 1 is 1.17 bits per heavy atom. The van der Waals surface area contributed by atoms with Crippen LogP contribution in [0.5, 0.6) is 0 Å². The minimum Gasteiger partial charge on any atom is -0.369 e. The van der Waals surface area contributed by atoms with Crippen molar-refractivity contribution in [3.63, 3.8) is 0 Å². The van der Waals surface area contributed by atoms with Crippen molar-refractivity contribution in [2.45, 2.75) is 6.92 Å². The number of amides is 1. The van der Waals surface area contributed by atoms with Gasteiger partial charge in [0.2, 0.25) is 0 Å². The van der Waals surface area contributed by atoms with E-state index < -0.39 is 0 Å². The van der Waals surface area contributed by atoms with E-state index in [1.807, 2.05) is 31.2 Å². The van der Waals surface area contributed by atoms with E-state index in [1.54, 1.807) is 12.3 Å². The van der Waals surface area contributed by atoms with Crippen LogP contribution in [0, 0.1) is 6.92 Å². The molecule has 1 fully saturated rings. The van der Waals surface area contributed by atoms with Crippen molar-refractivity contribution in [2.75, 3.05) is 43.4 Å². The number of likely N-dealkylation sites (N-methyl/N-ethyl adjacent to an activating group) is 1. The lowest BCUT2D eigenvalue weighted by Gasteiger charge is -2.34. The molecular formula is C17H21N5O. The van der Waals surface area contributed by atoms with Crippen LogP contribution in [0.15, 0.2) is 36.5 Å². The highest BCUT2D eigenvalue weighted by Crippen LogP contribution is 2.19. The SMILES string of the molecule is Cc1cccc(C(=O)Nc2cc(N3CCN(C)CC3)ccn2)n1. The first-order valence-electron chi connectivity index (χ1n) is 7.76. The molecule has 0 spiro atoms. The quantitative estimate of drug-likeness (QED) is 0.936. The maximum atomic E-state index is 12.3. The molecule has 6 heteroatoms. The summed E-state index contributed by atoms with van der Waals surface area (Å²) in [4.78, 5) is 25.4. The molecule has 1 N–H and O–H groups in total. The Hall–Kier alpha value is -2.47. The molecule has 0 radical (unpaired) electrons. The van der Waals surface area contributed by atoms with Gasteiger partial charge in [-0.15, -0.1) is 0 Å². The largest absolute Gasteiger partial charge is 0.369 e. The van der Waals surface area contributed by atoms with E-state index >= 15 is 0 Å². The highest BCUT2D eigenvalue weighted by Gasteiger charge is 2.15. The lowest BCUT2D eigenvalue weighted by Crippen LogP contribution is -2.44. The minimum atomic E-state index is -0.239. The van der Waals surface area contributed by atoms with E-state index in [0.717, 1.165) is 37.6 Å². The van der Waals surface area contributed by atoms with Crippen LogP contribution in [-0.4, -0.2) is 54.0 Å². The van der Waals surface area contributed by atoms with Crippen LogP contribution in [-0.2, 0) is 0 Å². The van der Waals surface area contributed by atoms with Gasteiger partial charge in [0.05, 0.1) is 0 Å². The number of carbonyl (C=O) groups excluding carboxylic acids is 1. The summed E-state index contributed by atoms with van der Waals surface area (Å²) in [6, 6.07) is 9.28. The second-order valence-electron chi connectivity index (χ2n) is 5.81. The van der Waals surface area contributed by atoms with E-state index in [2.05, 4.69) is 32.1 Å². The van der Waals surface area contributed by atoms with Gasteiger partial charge in [0.25, 0.3) is 5.91 Å². The fourth-order valence-corrected chi connectivity index (χ4v) is 2.60. The standard InChI is InChI=1S/C17H21N5O/c1-13-4-3-5-15(19-13)17(23)20-16-12-14(6-7-18-16)22-10-8-21(2)9-11-22/h3-7,12H,8-11H2,1-2H3,(H,18,20,23). The smallest absolute Gasteiger partial charge is 0.275 e. The van der Waals surface area contributed by atoms with Crippen LogP contribution in [0.2, 0.25) is 0 Å². The molecule has 23 heavy (non-hydrogen) atoms. The van der Waals surface area contributed by atoms with Gasteiger partial charge in [-0.1, -0.05) is 6.07 Å². The molecule has 2 aromatic heterocycles. The number of hydrogen-bond donors (Lipinski definition) is 1. The lowest BCUT2D eigenvalue weighted by atomic mass is 10.2. The molecule has 3 rings (SSSR count). The number of anilines is 2. The molecule has 1 saturated heterocycles. The monoisotopic (exact) mass is 311 g/mol. The van der Waals surface area contributed by atoms with Crippen molar-refractivity contribution in [2.24, 2.45) is 0 Å². The molecule has 1 amide bonds. The highest BCUT2D eigenvalue weighted by molar-refractivity contribution is 6.02. The fourth-order valence-electron chi connectivity index (χ4n) is 2.60. The van der Waals surface area contributed by atoms with Crippen molar-refractivity contribution in [3.05, 3.63) is 47.9 Å². The zero-order chi connectivity index (χ0) is 16.2. The van der Waals surface area contributed by atoms with Crippen molar-refractivity contribution in [3.8, 4) is 0 Å². The molecule has 0 aromatic carbocycles. The first kappa shape index (κ1) is 15.4. The predicted octanol–water partition coefficient (Wildman–Crippen LogP) is 1.79. The third-order valence-corrected chi connectivity index (χ3v) is 3.97. The van der Waals surface area contributed by atoms with Crippen LogP contribution >= 0.6 is 0 Å². The number of nitrogens with one attached hydrogen (secondary N) is 1. The van der Waals surface area contributed by atoms with E-state index in [9.17, 15) is 4.79 Å². The topological polar surface area (TPSA) is 61.4 Å². The Labute approximate surface area is 136 Å². The van der Waals surface area contributed by atoms with Crippen molar-refractivity contribution < 1.29 is 4.79 Å². The van der Waals surface area contributed by atoms with Crippen molar-refractivity contribution >= 4 is 17.4 Å². The van der Waals surface area contributed by atoms with Crippen molar-refractivity contribution in [1.82, 2.24) is 14.9 Å². The Morgan fingerprint density at radius 2 is 1.96 bits per heavy atom. The van der Waals surface area contributed by atoms with Crippen LogP contribution in [0.1, 0.15) is 16.2 Å². The summed E-state index contributed by atoms with van der Waals surface area (Å²) in [5, 5.41) is 2.82. The molecule has 6 nitrogen and oxygen atoms in total. The molecule has 2 aromatic rings. The number of nitrogens with zero attached hydrogens (tertiary/aromatic N) is 4. The fraction of sp³-hybridized carbons (Fsp3) is 0.353. The second-order valence-corrected chi connectivity index (χ2v) is 5.81. The predicted molar refractivity (Wildman–Crippen MR) is 90.9 cm³/mol. The van der Waals surface area contributed by atoms with Gasteiger partial charge in [-0.25, -0.2) is 9.97 Å². The summed E-state index contributed by atoms with van der Waals surface area (Å²) < 4.78 is 0. The molecule has 0 bridgehead atoms. The second kappa shape index (κ2) is 6.75. The van der Waals surface area contributed by atoms with Gasteiger partial charge in [-0.2, -0.15) is 0 Å². The number of hydrogen-bond acceptors (Lipinski definition) is 5. The van der Waals surface area contributed by atoms with E-state index in [0.29, 0.717) is 11.5 Å². The summed E-state index contributed by atoms with van der Waals surface area (Å²) in [5.74, 6) is 0.312. The molecule has 1 aliphatic rings. The third-order valence-electron chi connectivity index (χ3n) is 3.97. The zero-order valence-corrected chi connectivity index (χ0v) is 13.5.